The van der Waals surface area contributed by atoms with E-state index in [0.29, 0.717) is 5.69 Å². The van der Waals surface area contributed by atoms with E-state index >= 15 is 0 Å². The lowest BCUT2D eigenvalue weighted by Gasteiger charge is -2.08. The van der Waals surface area contributed by atoms with Crippen molar-refractivity contribution in [1.82, 2.24) is 0 Å². The zero-order valence-electron chi connectivity index (χ0n) is 14.0. The molecule has 0 heterocycles. The average Bonchev–Trinajstić information content (AvgIpc) is 2.59. The minimum absolute atomic E-state index is 0.109. The number of carbonyl (C=O) groups excluding carboxylic acids is 2. The number of aryl methyl sites for hydroxylation is 1. The van der Waals surface area contributed by atoms with Crippen molar-refractivity contribution in [3.63, 3.8) is 0 Å². The molecule has 0 aliphatic heterocycles. The van der Waals surface area contributed by atoms with Gasteiger partial charge in [-0.05, 0) is 48.4 Å². The fourth-order valence-electron chi connectivity index (χ4n) is 2.12. The molecule has 25 heavy (non-hydrogen) atoms. The maximum absolute atomic E-state index is 11.9. The van der Waals surface area contributed by atoms with Gasteiger partial charge in [-0.3, -0.25) is 4.79 Å². The van der Waals surface area contributed by atoms with Gasteiger partial charge in [0.2, 0.25) is 0 Å². The lowest BCUT2D eigenvalue weighted by Crippen LogP contribution is -2.21. The minimum atomic E-state index is -3.33. The summed E-state index contributed by atoms with van der Waals surface area (Å²) in [5.41, 5.74) is 1.90. The smallest absolute Gasteiger partial charge is 0.338 e. The van der Waals surface area contributed by atoms with Gasteiger partial charge in [0.25, 0.3) is 5.91 Å². The van der Waals surface area contributed by atoms with Gasteiger partial charge in [-0.2, -0.15) is 0 Å². The van der Waals surface area contributed by atoms with Crippen LogP contribution in [0.5, 0.6) is 0 Å². The number of hydrogen-bond donors (Lipinski definition) is 1. The molecule has 7 heteroatoms. The Bertz CT molecular complexity index is 873. The molecule has 132 valence electrons. The first-order chi connectivity index (χ1) is 11.8. The van der Waals surface area contributed by atoms with Crippen LogP contribution in [0, 0.1) is 0 Å². The first-order valence-electron chi connectivity index (χ1n) is 7.65. The highest BCUT2D eigenvalue weighted by Gasteiger charge is 2.12. The van der Waals surface area contributed by atoms with Crippen molar-refractivity contribution in [1.29, 1.82) is 0 Å². The van der Waals surface area contributed by atoms with E-state index in [0.717, 1.165) is 18.2 Å². The molecular formula is C18H19NO5S. The Morgan fingerprint density at radius 1 is 1.08 bits per heavy atom. The lowest BCUT2D eigenvalue weighted by molar-refractivity contribution is -0.119. The molecule has 0 aliphatic rings. The fourth-order valence-corrected chi connectivity index (χ4v) is 2.75. The van der Waals surface area contributed by atoms with E-state index in [9.17, 15) is 18.0 Å². The van der Waals surface area contributed by atoms with Crippen LogP contribution in [0.2, 0.25) is 0 Å². The second-order valence-corrected chi connectivity index (χ2v) is 7.49. The largest absolute Gasteiger partial charge is 0.452 e. The molecule has 0 unspecified atom stereocenters. The van der Waals surface area contributed by atoms with Gasteiger partial charge in [-0.15, -0.1) is 0 Å². The van der Waals surface area contributed by atoms with Crippen LogP contribution in [-0.2, 0) is 25.8 Å². The fraction of sp³-hybridized carbons (Fsp3) is 0.222. The van der Waals surface area contributed by atoms with Crippen molar-refractivity contribution in [2.24, 2.45) is 0 Å². The Kier molecular flexibility index (Phi) is 5.93. The summed E-state index contributed by atoms with van der Waals surface area (Å²) in [6, 6.07) is 12.7. The predicted octanol–water partition coefficient (Wildman–Crippen LogP) is 2.45. The van der Waals surface area contributed by atoms with Crippen LogP contribution in [0.1, 0.15) is 22.8 Å². The molecule has 2 rings (SSSR count). The van der Waals surface area contributed by atoms with E-state index in [1.165, 1.54) is 24.3 Å². The first-order valence-corrected chi connectivity index (χ1v) is 9.55. The van der Waals surface area contributed by atoms with E-state index in [2.05, 4.69) is 5.32 Å². The monoisotopic (exact) mass is 361 g/mol. The summed E-state index contributed by atoms with van der Waals surface area (Å²) >= 11 is 0. The molecule has 0 aliphatic carbocycles. The van der Waals surface area contributed by atoms with Gasteiger partial charge >= 0.3 is 5.97 Å². The third-order valence-electron chi connectivity index (χ3n) is 3.47. The molecule has 0 bridgehead atoms. The van der Waals surface area contributed by atoms with E-state index in [4.69, 9.17) is 4.74 Å². The van der Waals surface area contributed by atoms with Crippen LogP contribution >= 0.6 is 0 Å². The van der Waals surface area contributed by atoms with Crippen molar-refractivity contribution >= 4 is 27.4 Å². The number of benzene rings is 2. The number of esters is 1. The van der Waals surface area contributed by atoms with Gasteiger partial charge in [-0.1, -0.05) is 19.1 Å². The SMILES string of the molecule is CCc1cccc(NC(=O)COC(=O)c2ccc(S(C)(=O)=O)cc2)c1. The van der Waals surface area contributed by atoms with Crippen molar-refractivity contribution in [2.45, 2.75) is 18.2 Å². The minimum Gasteiger partial charge on any atom is -0.452 e. The van der Waals surface area contributed by atoms with Gasteiger partial charge in [-0.25, -0.2) is 13.2 Å². The van der Waals surface area contributed by atoms with Gasteiger partial charge in [0.1, 0.15) is 0 Å². The molecule has 1 N–H and O–H groups in total. The maximum Gasteiger partial charge on any atom is 0.338 e. The normalized spacial score (nSPS) is 11.0. The lowest BCUT2D eigenvalue weighted by atomic mass is 10.1. The quantitative estimate of drug-likeness (QED) is 0.798. The van der Waals surface area contributed by atoms with Crippen LogP contribution < -0.4 is 5.32 Å². The summed E-state index contributed by atoms with van der Waals surface area (Å²) in [5, 5.41) is 2.66. The summed E-state index contributed by atoms with van der Waals surface area (Å²) in [4.78, 5) is 23.9. The Morgan fingerprint density at radius 3 is 2.36 bits per heavy atom. The van der Waals surface area contributed by atoms with Crippen LogP contribution in [-0.4, -0.2) is 33.2 Å². The van der Waals surface area contributed by atoms with Crippen LogP contribution in [0.25, 0.3) is 0 Å². The van der Waals surface area contributed by atoms with Gasteiger partial charge in [0, 0.05) is 11.9 Å². The number of sulfone groups is 1. The Balaban J connectivity index is 1.91. The van der Waals surface area contributed by atoms with E-state index in [1.54, 1.807) is 6.07 Å². The summed E-state index contributed by atoms with van der Waals surface area (Å²) in [6.45, 7) is 1.58. The first kappa shape index (κ1) is 18.7. The van der Waals surface area contributed by atoms with E-state index < -0.39 is 28.3 Å². The highest BCUT2D eigenvalue weighted by atomic mass is 32.2. The zero-order chi connectivity index (χ0) is 18.4. The zero-order valence-corrected chi connectivity index (χ0v) is 14.8. The molecule has 0 atom stereocenters. The van der Waals surface area contributed by atoms with Crippen molar-refractivity contribution in [3.8, 4) is 0 Å². The topological polar surface area (TPSA) is 89.5 Å². The summed E-state index contributed by atoms with van der Waals surface area (Å²) in [7, 11) is -3.33. The second kappa shape index (κ2) is 7.94. The molecule has 0 saturated heterocycles. The number of nitrogens with one attached hydrogen (secondary N) is 1. The van der Waals surface area contributed by atoms with E-state index in [-0.39, 0.29) is 10.5 Å². The van der Waals surface area contributed by atoms with Crippen molar-refractivity contribution < 1.29 is 22.7 Å². The van der Waals surface area contributed by atoms with Gasteiger partial charge < -0.3 is 10.1 Å². The second-order valence-electron chi connectivity index (χ2n) is 5.47. The summed E-state index contributed by atoms with van der Waals surface area (Å²) in [5.74, 6) is -1.15. The predicted molar refractivity (Wildman–Crippen MR) is 94.3 cm³/mol. The Labute approximate surface area is 146 Å². The number of hydrogen-bond acceptors (Lipinski definition) is 5. The number of carbonyl (C=O) groups is 2. The van der Waals surface area contributed by atoms with E-state index in [1.807, 2.05) is 25.1 Å². The van der Waals surface area contributed by atoms with Crippen LogP contribution in [0.15, 0.2) is 53.4 Å². The van der Waals surface area contributed by atoms with Gasteiger partial charge in [0.15, 0.2) is 16.4 Å². The van der Waals surface area contributed by atoms with Crippen LogP contribution in [0.3, 0.4) is 0 Å². The van der Waals surface area contributed by atoms with Crippen molar-refractivity contribution in [3.05, 3.63) is 59.7 Å². The standard InChI is InChI=1S/C18H19NO5S/c1-3-13-5-4-6-15(11-13)19-17(20)12-24-18(21)14-7-9-16(10-8-14)25(2,22)23/h4-11H,3,12H2,1-2H3,(H,19,20). The molecule has 0 radical (unpaired) electrons. The molecular weight excluding hydrogens is 342 g/mol. The Morgan fingerprint density at radius 2 is 1.76 bits per heavy atom. The molecule has 2 aromatic carbocycles. The molecule has 0 aromatic heterocycles. The Hall–Kier alpha value is -2.67. The van der Waals surface area contributed by atoms with Crippen molar-refractivity contribution in [2.75, 3.05) is 18.2 Å². The molecule has 6 nitrogen and oxygen atoms in total. The average molecular weight is 361 g/mol. The molecule has 2 aromatic rings. The third-order valence-corrected chi connectivity index (χ3v) is 4.60. The third kappa shape index (κ3) is 5.42. The summed E-state index contributed by atoms with van der Waals surface area (Å²) in [6.07, 6.45) is 1.93. The molecule has 1 amide bonds. The summed E-state index contributed by atoms with van der Waals surface area (Å²) < 4.78 is 27.7. The number of anilines is 1. The number of ether oxygens (including phenoxy) is 1. The highest BCUT2D eigenvalue weighted by Crippen LogP contribution is 2.12. The molecule has 0 fully saturated rings. The maximum atomic E-state index is 11.9. The van der Waals surface area contributed by atoms with Crippen LogP contribution in [0.4, 0.5) is 5.69 Å². The number of rotatable bonds is 6. The number of amides is 1. The molecule has 0 spiro atoms. The molecule has 0 saturated carbocycles. The highest BCUT2D eigenvalue weighted by molar-refractivity contribution is 7.90. The van der Waals surface area contributed by atoms with Gasteiger partial charge in [0.05, 0.1) is 10.5 Å².